The molecule has 0 aromatic rings. The first kappa shape index (κ1) is 78.2. The number of hydrogen-bond donors (Lipinski definition) is 9. The third-order valence-corrected chi connectivity index (χ3v) is 10.7. The second kappa shape index (κ2) is 60.9. The van der Waals surface area contributed by atoms with E-state index >= 15 is 0 Å². The number of carbonyl (C=O) groups is 8. The van der Waals surface area contributed by atoms with E-state index in [9.17, 15) is 38.4 Å². The molecule has 434 valence electrons. The van der Waals surface area contributed by atoms with Gasteiger partial charge >= 0.3 is 35.8 Å². The number of aliphatic imine (C=N–C) groups is 1. The van der Waals surface area contributed by atoms with Crippen LogP contribution in [0, 0.1) is 5.92 Å². The van der Waals surface area contributed by atoms with Gasteiger partial charge in [-0.15, -0.1) is 0 Å². The molecule has 0 aromatic heterocycles. The van der Waals surface area contributed by atoms with E-state index in [2.05, 4.69) is 67.2 Å². The number of allylic oxidation sites excluding steroid dienone is 6. The molecule has 0 aromatic carbocycles. The number of carbonyl (C=O) groups excluding carboxylic acids is 2. The van der Waals surface area contributed by atoms with E-state index in [0.29, 0.717) is 38.1 Å². The minimum Gasteiger partial charge on any atom is -0.481 e. The third kappa shape index (κ3) is 77.4. The molecule has 0 heterocycles. The second-order valence-corrected chi connectivity index (χ2v) is 18.4. The molecule has 2 atom stereocenters. The number of amidine groups is 1. The number of nitrogens with zero attached hydrogens (tertiary/aromatic N) is 1. The zero-order valence-electron chi connectivity index (χ0n) is 46.7. The van der Waals surface area contributed by atoms with Gasteiger partial charge in [-0.3, -0.25) is 33.8 Å². The summed E-state index contributed by atoms with van der Waals surface area (Å²) in [7, 11) is 0. The van der Waals surface area contributed by atoms with E-state index < -0.39 is 60.2 Å². The highest BCUT2D eigenvalue weighted by Crippen LogP contribution is 2.11. The van der Waals surface area contributed by atoms with Gasteiger partial charge in [0, 0.05) is 38.3 Å². The molecule has 75 heavy (non-hydrogen) atoms. The van der Waals surface area contributed by atoms with Crippen LogP contribution in [0.5, 0.6) is 0 Å². The minimum absolute atomic E-state index is 0.147. The summed E-state index contributed by atoms with van der Waals surface area (Å²) in [5.74, 6) is -6.69. The average molecular weight is 1070 g/mol. The molecular weight excluding hydrogens is 965 g/mol. The maximum atomic E-state index is 11.8. The first-order valence-corrected chi connectivity index (χ1v) is 27.3. The van der Waals surface area contributed by atoms with Crippen molar-refractivity contribution in [3.8, 4) is 0 Å². The number of Topliss-reactive ketones (excluding diaryl/α,β-unsaturated/α-hetero) is 1. The quantitative estimate of drug-likeness (QED) is 0.00901. The number of nitrogens with one attached hydrogen (secondary N) is 1. The van der Waals surface area contributed by atoms with Crippen LogP contribution in [-0.4, -0.2) is 103 Å². The lowest BCUT2D eigenvalue weighted by atomic mass is 10.0. The zero-order valence-corrected chi connectivity index (χ0v) is 46.7. The van der Waals surface area contributed by atoms with Crippen LogP contribution in [0.15, 0.2) is 54.1 Å². The highest BCUT2D eigenvalue weighted by molar-refractivity contribution is 5.90. The van der Waals surface area contributed by atoms with Crippen LogP contribution in [0.1, 0.15) is 234 Å². The molecule has 0 aliphatic heterocycles. The van der Waals surface area contributed by atoms with Gasteiger partial charge in [-0.2, -0.15) is 0 Å². The van der Waals surface area contributed by atoms with Gasteiger partial charge in [0.1, 0.15) is 11.8 Å². The highest BCUT2D eigenvalue weighted by Gasteiger charge is 2.23. The molecule has 18 nitrogen and oxygen atoms in total. The average Bonchev–Trinajstić information content (AvgIpc) is 3.34. The number of aliphatic carboxylic acids is 6. The molecule has 1 amide bonds. The number of amides is 1. The smallest absolute Gasteiger partial charge is 0.327 e. The fraction of sp³-hybridized carbons (Fsp3) is 0.702. The summed E-state index contributed by atoms with van der Waals surface area (Å²) in [5, 5.41) is 52.1. The van der Waals surface area contributed by atoms with Gasteiger partial charge in [-0.25, -0.2) is 9.59 Å². The predicted octanol–water partition coefficient (Wildman–Crippen LogP) is 11.8. The van der Waals surface area contributed by atoms with E-state index in [4.69, 9.17) is 42.1 Å². The Hall–Kier alpha value is -5.65. The molecule has 11 N–H and O–H groups in total. The molecule has 0 fully saturated rings. The van der Waals surface area contributed by atoms with Crippen molar-refractivity contribution in [2.24, 2.45) is 22.4 Å². The first-order chi connectivity index (χ1) is 35.6. The molecular formula is C57H102N4O14. The molecule has 0 saturated heterocycles. The van der Waals surface area contributed by atoms with Crippen LogP contribution in [0.3, 0.4) is 0 Å². The highest BCUT2D eigenvalue weighted by atomic mass is 16.4. The van der Waals surface area contributed by atoms with E-state index in [1.807, 2.05) is 0 Å². The maximum absolute atomic E-state index is 11.8. The molecule has 1 unspecified atom stereocenters. The largest absolute Gasteiger partial charge is 0.481 e. The Balaban J connectivity index is -0.000000297. The van der Waals surface area contributed by atoms with Crippen LogP contribution >= 0.6 is 0 Å². The van der Waals surface area contributed by atoms with E-state index in [0.717, 1.165) is 44.6 Å². The number of carboxylic acids is 6. The molecule has 0 aliphatic carbocycles. The van der Waals surface area contributed by atoms with Gasteiger partial charge in [0.05, 0.1) is 24.2 Å². The van der Waals surface area contributed by atoms with Gasteiger partial charge in [-0.05, 0) is 90.4 Å². The van der Waals surface area contributed by atoms with E-state index in [1.165, 1.54) is 116 Å². The molecule has 0 radical (unpaired) electrons. The lowest BCUT2D eigenvalue weighted by Gasteiger charge is -2.13. The molecule has 18 heteroatoms. The van der Waals surface area contributed by atoms with Gasteiger partial charge in [0.2, 0.25) is 5.91 Å². The maximum Gasteiger partial charge on any atom is 0.327 e. The van der Waals surface area contributed by atoms with Crippen LogP contribution < -0.4 is 16.8 Å². The fourth-order valence-electron chi connectivity index (χ4n) is 6.23. The number of ketones is 1. The summed E-state index contributed by atoms with van der Waals surface area (Å²) in [6.07, 6.45) is 44.2. The topological polar surface area (TPSA) is 334 Å². The number of rotatable bonds is 43. The molecule has 0 aliphatic rings. The summed E-state index contributed by atoms with van der Waals surface area (Å²) in [6, 6.07) is -2.27. The lowest BCUT2D eigenvalue weighted by Crippen LogP contribution is -2.42. The monoisotopic (exact) mass is 1070 g/mol. The van der Waals surface area contributed by atoms with Gasteiger partial charge in [-0.1, -0.05) is 154 Å². The minimum atomic E-state index is -1.53. The van der Waals surface area contributed by atoms with Crippen LogP contribution in [-0.2, 0) is 38.4 Å². The van der Waals surface area contributed by atoms with Crippen molar-refractivity contribution in [1.29, 1.82) is 0 Å². The van der Waals surface area contributed by atoms with Crippen LogP contribution in [0.2, 0.25) is 0 Å². The van der Waals surface area contributed by atoms with E-state index in [-0.39, 0.29) is 24.5 Å². The van der Waals surface area contributed by atoms with Crippen molar-refractivity contribution < 1.29 is 69.0 Å². The number of nitrogens with two attached hydrogens (primary N) is 2. The van der Waals surface area contributed by atoms with Gasteiger partial charge in [0.25, 0.3) is 0 Å². The Bertz CT molecular complexity index is 1610. The lowest BCUT2D eigenvalue weighted by molar-refractivity contribution is -0.147. The Labute approximate surface area is 450 Å². The summed E-state index contributed by atoms with van der Waals surface area (Å²) < 4.78 is 0. The Morgan fingerprint density at radius 3 is 1.27 bits per heavy atom. The van der Waals surface area contributed by atoms with Crippen LogP contribution in [0.25, 0.3) is 0 Å². The Kier molecular flexibility index (Phi) is 63.5. The normalized spacial score (nSPS) is 11.7. The SMILES string of the molecule is C=CC(=O)O.CC(C)C(=O)O.CC(N)=NCCC[C@H](N)C(=O)CCC(=O)NC(CC(=O)O)C(=O)O.CCCCC/C=C\C/C=C\CCCCCCCC(=O)O.CCCCCCCC/C=C\CCCCCCCC(=O)O. The second-order valence-electron chi connectivity index (χ2n) is 18.4. The van der Waals surface area contributed by atoms with Crippen LogP contribution in [0.4, 0.5) is 0 Å². The summed E-state index contributed by atoms with van der Waals surface area (Å²) in [6.45, 7) is 12.8. The van der Waals surface area contributed by atoms with Gasteiger partial charge in [0.15, 0.2) is 0 Å². The molecule has 0 rings (SSSR count). The molecule has 0 saturated carbocycles. The zero-order chi connectivity index (χ0) is 57.9. The Morgan fingerprint density at radius 2 is 0.907 bits per heavy atom. The standard InChI is InChI=1S/C18H34O2.C18H32O2.C14H24N4O6.C4H8O2.C3H4O2/c2*1-2-3-4-5-6-7-8-9-10-11-12-13-14-15-16-17-18(19)20;1-8(15)17-6-2-3-9(16)11(19)4-5-12(20)18-10(14(23)24)7-13(21)22;1-3(2)4(5)6;1-2-3(4)5/h9-10H,2-8,11-17H2,1H3,(H,19,20);6-7,9-10H,2-5,8,11-17H2,1H3,(H,19,20);9-10H,2-7,16H2,1H3,(H2,15,17)(H,18,20)(H,21,22)(H,23,24);3H,1-2H3,(H,5,6);2H,1H2,(H,4,5)/b10-9-;7-6-,10-9-;;;/t;;9-,10?;;/m..0../s1. The van der Waals surface area contributed by atoms with E-state index in [1.54, 1.807) is 20.8 Å². The summed E-state index contributed by atoms with van der Waals surface area (Å²) in [5.41, 5.74) is 11.1. The van der Waals surface area contributed by atoms with Crippen molar-refractivity contribution in [3.63, 3.8) is 0 Å². The third-order valence-electron chi connectivity index (χ3n) is 10.7. The molecule has 0 spiro atoms. The van der Waals surface area contributed by atoms with Crippen molar-refractivity contribution in [1.82, 2.24) is 5.32 Å². The predicted molar refractivity (Wildman–Crippen MR) is 300 cm³/mol. The first-order valence-electron chi connectivity index (χ1n) is 27.3. The number of hydrogen-bond acceptors (Lipinski definition) is 10. The summed E-state index contributed by atoms with van der Waals surface area (Å²) in [4.78, 5) is 88.3. The van der Waals surface area contributed by atoms with Gasteiger partial charge < -0.3 is 47.4 Å². The molecule has 0 bridgehead atoms. The van der Waals surface area contributed by atoms with Crippen molar-refractivity contribution in [2.45, 2.75) is 246 Å². The van der Waals surface area contributed by atoms with Crippen molar-refractivity contribution in [2.75, 3.05) is 6.54 Å². The summed E-state index contributed by atoms with van der Waals surface area (Å²) >= 11 is 0. The fourth-order valence-corrected chi connectivity index (χ4v) is 6.23. The van der Waals surface area contributed by atoms with Crippen molar-refractivity contribution >= 4 is 53.3 Å². The number of unbranched alkanes of at least 4 members (excludes halogenated alkanes) is 19. The number of carboxylic acid groups (broad SMARTS) is 6. The van der Waals surface area contributed by atoms with Crippen molar-refractivity contribution in [3.05, 3.63) is 49.1 Å². The Morgan fingerprint density at radius 1 is 0.533 bits per heavy atom.